The van der Waals surface area contributed by atoms with Crippen LogP contribution in [0.2, 0.25) is 0 Å². The number of anilines is 1. The molecule has 0 amide bonds. The van der Waals surface area contributed by atoms with E-state index in [0.717, 1.165) is 32.1 Å². The lowest BCUT2D eigenvalue weighted by molar-refractivity contribution is 0.476. The van der Waals surface area contributed by atoms with E-state index in [9.17, 15) is 8.78 Å². The lowest BCUT2D eigenvalue weighted by atomic mass is 10.1. The van der Waals surface area contributed by atoms with E-state index < -0.39 is 11.6 Å². The minimum atomic E-state index is -0.510. The Morgan fingerprint density at radius 1 is 1.21 bits per heavy atom. The molecule has 3 aromatic heterocycles. The van der Waals surface area contributed by atoms with Crippen molar-refractivity contribution in [2.75, 3.05) is 18.4 Å². The zero-order valence-corrected chi connectivity index (χ0v) is 12.8. The SMILES string of the molecule is Fc1ccc2ncc(-c3ncc(F)c(N[C@@H]4CCCNC4)n3)n2c1. The number of hydrogen-bond acceptors (Lipinski definition) is 5. The smallest absolute Gasteiger partial charge is 0.183 e. The number of pyridine rings is 1. The number of halogens is 2. The maximum Gasteiger partial charge on any atom is 0.183 e. The Labute approximate surface area is 137 Å². The molecule has 0 radical (unpaired) electrons. The number of aromatic nitrogens is 4. The summed E-state index contributed by atoms with van der Waals surface area (Å²) in [5.74, 6) is -0.458. The highest BCUT2D eigenvalue weighted by molar-refractivity contribution is 5.58. The van der Waals surface area contributed by atoms with Crippen molar-refractivity contribution in [3.8, 4) is 11.5 Å². The molecular formula is C16H16F2N6. The first-order valence-electron chi connectivity index (χ1n) is 7.83. The second-order valence-electron chi connectivity index (χ2n) is 5.80. The van der Waals surface area contributed by atoms with Crippen LogP contribution in [-0.2, 0) is 0 Å². The Bertz CT molecular complexity index is 872. The van der Waals surface area contributed by atoms with Crippen molar-refractivity contribution in [1.29, 1.82) is 0 Å². The van der Waals surface area contributed by atoms with E-state index in [2.05, 4.69) is 25.6 Å². The predicted molar refractivity (Wildman–Crippen MR) is 85.6 cm³/mol. The Morgan fingerprint density at radius 3 is 2.96 bits per heavy atom. The third kappa shape index (κ3) is 2.80. The molecule has 0 aliphatic carbocycles. The van der Waals surface area contributed by atoms with Crippen LogP contribution in [0.25, 0.3) is 17.2 Å². The van der Waals surface area contributed by atoms with Crippen LogP contribution in [-0.4, -0.2) is 38.5 Å². The normalized spacial score (nSPS) is 18.0. The van der Waals surface area contributed by atoms with Gasteiger partial charge in [-0.25, -0.2) is 23.7 Å². The summed E-state index contributed by atoms with van der Waals surface area (Å²) in [6.07, 6.45) is 5.96. The van der Waals surface area contributed by atoms with Crippen LogP contribution in [0.1, 0.15) is 12.8 Å². The van der Waals surface area contributed by atoms with Crippen molar-refractivity contribution >= 4 is 11.5 Å². The zero-order chi connectivity index (χ0) is 16.5. The Kier molecular flexibility index (Phi) is 3.81. The van der Waals surface area contributed by atoms with E-state index in [4.69, 9.17) is 0 Å². The number of rotatable bonds is 3. The number of nitrogens with one attached hydrogen (secondary N) is 2. The molecule has 124 valence electrons. The first-order chi connectivity index (χ1) is 11.7. The van der Waals surface area contributed by atoms with Gasteiger partial charge in [-0.3, -0.25) is 4.40 Å². The second-order valence-corrected chi connectivity index (χ2v) is 5.80. The van der Waals surface area contributed by atoms with Gasteiger partial charge in [0.25, 0.3) is 0 Å². The number of fused-ring (bicyclic) bond motifs is 1. The van der Waals surface area contributed by atoms with Crippen LogP contribution >= 0.6 is 0 Å². The molecule has 2 N–H and O–H groups in total. The zero-order valence-electron chi connectivity index (χ0n) is 12.8. The van der Waals surface area contributed by atoms with Gasteiger partial charge in [0.1, 0.15) is 17.2 Å². The molecule has 1 atom stereocenters. The standard InChI is InChI=1S/C16H16F2N6/c17-10-3-4-14-20-8-13(24(14)9-10)16-21-7-12(18)15(23-16)22-11-2-1-5-19-6-11/h3-4,7-9,11,19H,1-2,5-6H2,(H,21,22,23)/t11-/m1/s1. The predicted octanol–water partition coefficient (Wildman–Crippen LogP) is 2.23. The molecule has 4 rings (SSSR count). The topological polar surface area (TPSA) is 67.1 Å². The quantitative estimate of drug-likeness (QED) is 0.771. The van der Waals surface area contributed by atoms with Gasteiger partial charge in [-0.15, -0.1) is 0 Å². The van der Waals surface area contributed by atoms with Crippen LogP contribution < -0.4 is 10.6 Å². The second kappa shape index (κ2) is 6.12. The maximum absolute atomic E-state index is 14.1. The van der Waals surface area contributed by atoms with Gasteiger partial charge in [-0.2, -0.15) is 0 Å². The summed E-state index contributed by atoms with van der Waals surface area (Å²) >= 11 is 0. The molecule has 1 fully saturated rings. The molecule has 3 aromatic rings. The third-order valence-electron chi connectivity index (χ3n) is 4.08. The van der Waals surface area contributed by atoms with Gasteiger partial charge in [-0.05, 0) is 31.5 Å². The summed E-state index contributed by atoms with van der Waals surface area (Å²) in [4.78, 5) is 12.5. The van der Waals surface area contributed by atoms with Crippen LogP contribution in [0, 0.1) is 11.6 Å². The number of nitrogens with zero attached hydrogens (tertiary/aromatic N) is 4. The fraction of sp³-hybridized carbons (Fsp3) is 0.312. The molecule has 0 unspecified atom stereocenters. The van der Waals surface area contributed by atoms with E-state index in [0.29, 0.717) is 17.2 Å². The molecule has 0 saturated carbocycles. The fourth-order valence-corrected chi connectivity index (χ4v) is 2.88. The van der Waals surface area contributed by atoms with Gasteiger partial charge < -0.3 is 10.6 Å². The average Bonchev–Trinajstić information content (AvgIpc) is 3.01. The van der Waals surface area contributed by atoms with Crippen LogP contribution in [0.5, 0.6) is 0 Å². The van der Waals surface area contributed by atoms with E-state index in [-0.39, 0.29) is 11.9 Å². The van der Waals surface area contributed by atoms with Crippen LogP contribution in [0.4, 0.5) is 14.6 Å². The monoisotopic (exact) mass is 330 g/mol. The first kappa shape index (κ1) is 14.9. The van der Waals surface area contributed by atoms with Gasteiger partial charge in [0.2, 0.25) is 0 Å². The van der Waals surface area contributed by atoms with Gasteiger partial charge in [0.15, 0.2) is 17.5 Å². The van der Waals surface area contributed by atoms with Crippen molar-refractivity contribution in [3.05, 3.63) is 42.4 Å². The maximum atomic E-state index is 14.1. The Morgan fingerprint density at radius 2 is 2.12 bits per heavy atom. The average molecular weight is 330 g/mol. The highest BCUT2D eigenvalue weighted by atomic mass is 19.1. The van der Waals surface area contributed by atoms with Crippen LogP contribution in [0.3, 0.4) is 0 Å². The van der Waals surface area contributed by atoms with E-state index in [1.807, 2.05) is 0 Å². The Hall–Kier alpha value is -2.61. The van der Waals surface area contributed by atoms with Gasteiger partial charge in [0.05, 0.1) is 12.4 Å². The molecule has 1 aliphatic heterocycles. The van der Waals surface area contributed by atoms with Gasteiger partial charge in [-0.1, -0.05) is 0 Å². The number of imidazole rings is 1. The van der Waals surface area contributed by atoms with E-state index in [1.54, 1.807) is 16.7 Å². The molecule has 0 spiro atoms. The number of hydrogen-bond donors (Lipinski definition) is 2. The van der Waals surface area contributed by atoms with Crippen molar-refractivity contribution < 1.29 is 8.78 Å². The third-order valence-corrected chi connectivity index (χ3v) is 4.08. The van der Waals surface area contributed by atoms with Gasteiger partial charge in [0, 0.05) is 18.8 Å². The summed E-state index contributed by atoms with van der Waals surface area (Å²) in [5, 5.41) is 6.38. The summed E-state index contributed by atoms with van der Waals surface area (Å²) in [5.41, 5.74) is 1.08. The van der Waals surface area contributed by atoms with Crippen LogP contribution in [0.15, 0.2) is 30.7 Å². The molecule has 6 nitrogen and oxygen atoms in total. The number of piperidine rings is 1. The lowest BCUT2D eigenvalue weighted by Crippen LogP contribution is -2.38. The molecule has 1 saturated heterocycles. The molecule has 8 heteroatoms. The largest absolute Gasteiger partial charge is 0.364 e. The minimum absolute atomic E-state index is 0.121. The summed E-state index contributed by atoms with van der Waals surface area (Å²) < 4.78 is 29.1. The molecule has 0 aromatic carbocycles. The highest BCUT2D eigenvalue weighted by Gasteiger charge is 2.17. The highest BCUT2D eigenvalue weighted by Crippen LogP contribution is 2.21. The lowest BCUT2D eigenvalue weighted by Gasteiger charge is -2.24. The van der Waals surface area contributed by atoms with E-state index in [1.165, 1.54) is 12.3 Å². The Balaban J connectivity index is 1.70. The van der Waals surface area contributed by atoms with E-state index >= 15 is 0 Å². The molecular weight excluding hydrogens is 314 g/mol. The summed E-state index contributed by atoms with van der Waals surface area (Å²) in [6, 6.07) is 3.02. The van der Waals surface area contributed by atoms with Crippen molar-refractivity contribution in [1.82, 2.24) is 24.7 Å². The molecule has 0 bridgehead atoms. The minimum Gasteiger partial charge on any atom is -0.364 e. The fourth-order valence-electron chi connectivity index (χ4n) is 2.88. The van der Waals surface area contributed by atoms with Crippen molar-refractivity contribution in [3.63, 3.8) is 0 Å². The van der Waals surface area contributed by atoms with Crippen molar-refractivity contribution in [2.45, 2.75) is 18.9 Å². The van der Waals surface area contributed by atoms with Gasteiger partial charge >= 0.3 is 0 Å². The molecule has 4 heterocycles. The summed E-state index contributed by atoms with van der Waals surface area (Å²) in [7, 11) is 0. The van der Waals surface area contributed by atoms with Crippen molar-refractivity contribution in [2.24, 2.45) is 0 Å². The first-order valence-corrected chi connectivity index (χ1v) is 7.83. The molecule has 1 aliphatic rings. The molecule has 24 heavy (non-hydrogen) atoms. The summed E-state index contributed by atoms with van der Waals surface area (Å²) in [6.45, 7) is 1.74.